The van der Waals surface area contributed by atoms with Gasteiger partial charge in [0.2, 0.25) is 0 Å². The molecule has 0 aliphatic rings. The van der Waals surface area contributed by atoms with E-state index in [1.807, 2.05) is 6.20 Å². The fraction of sp³-hybridized carbons (Fsp3) is 0.111. The van der Waals surface area contributed by atoms with Crippen LogP contribution >= 0.6 is 0 Å². The molecule has 1 aromatic heterocycles. The van der Waals surface area contributed by atoms with Crippen LogP contribution in [0, 0.1) is 3.57 Å². The number of hydrogen-bond acceptors (Lipinski definition) is 0. The van der Waals surface area contributed by atoms with E-state index >= 15 is 0 Å². The van der Waals surface area contributed by atoms with E-state index in [-0.39, 0.29) is 21.2 Å². The molecule has 0 aliphatic heterocycles. The number of aromatic nitrogens is 1. The van der Waals surface area contributed by atoms with E-state index in [9.17, 15) is 0 Å². The first-order valence-corrected chi connectivity index (χ1v) is 6.70. The maximum atomic E-state index is 3.18. The summed E-state index contributed by atoms with van der Waals surface area (Å²) in [5, 5.41) is 1.34. The second-order valence-electron chi connectivity index (χ2n) is 2.40. The van der Waals surface area contributed by atoms with Gasteiger partial charge in [0.05, 0.1) is 0 Å². The first-order chi connectivity index (χ1) is 5.40. The summed E-state index contributed by atoms with van der Waals surface area (Å²) >= 11 is 0.240. The van der Waals surface area contributed by atoms with E-state index in [1.54, 1.807) is 0 Å². The van der Waals surface area contributed by atoms with Crippen molar-refractivity contribution < 1.29 is 21.2 Å². The number of hydrogen-bond donors (Lipinski definition) is 1. The summed E-state index contributed by atoms with van der Waals surface area (Å²) in [7, 11) is 0. The molecular weight excluding hydrogens is 249 g/mol. The molecule has 2 aromatic rings. The van der Waals surface area contributed by atoms with Gasteiger partial charge >= 0.3 is 76.1 Å². The Labute approximate surface area is 76.1 Å². The number of rotatable bonds is 1. The number of halogens is 1. The van der Waals surface area contributed by atoms with Gasteiger partial charge in [-0.1, -0.05) is 0 Å². The van der Waals surface area contributed by atoms with Crippen LogP contribution in [0.1, 0.15) is 0 Å². The molecule has 0 unspecified atom stereocenters. The van der Waals surface area contributed by atoms with E-state index in [2.05, 4.69) is 34.2 Å². The predicted octanol–water partition coefficient (Wildman–Crippen LogP) is -0.944. The zero-order chi connectivity index (χ0) is 7.68. The molecule has 1 heterocycles. The first-order valence-electron chi connectivity index (χ1n) is 3.47. The molecule has 58 valence electrons. The van der Waals surface area contributed by atoms with E-state index in [0.717, 1.165) is 0 Å². The van der Waals surface area contributed by atoms with Crippen molar-refractivity contribution in [2.45, 2.75) is 0 Å². The molecule has 0 amide bonds. The van der Waals surface area contributed by atoms with E-state index in [0.29, 0.717) is 0 Å². The molecular formula is C9H9IN-. The summed E-state index contributed by atoms with van der Waals surface area (Å²) in [5.74, 6) is 0. The third kappa shape index (κ3) is 1.27. The van der Waals surface area contributed by atoms with Crippen LogP contribution in [0.3, 0.4) is 0 Å². The molecule has 11 heavy (non-hydrogen) atoms. The number of benzene rings is 1. The van der Waals surface area contributed by atoms with Gasteiger partial charge in [0.15, 0.2) is 0 Å². The number of nitrogens with one attached hydrogen (secondary N) is 1. The van der Waals surface area contributed by atoms with Crippen LogP contribution in [0.4, 0.5) is 0 Å². The van der Waals surface area contributed by atoms with Crippen molar-refractivity contribution in [1.82, 2.24) is 4.98 Å². The van der Waals surface area contributed by atoms with Crippen molar-refractivity contribution in [3.63, 3.8) is 0 Å². The van der Waals surface area contributed by atoms with Crippen LogP contribution in [0.2, 0.25) is 0 Å². The molecule has 0 saturated carbocycles. The molecule has 0 spiro atoms. The van der Waals surface area contributed by atoms with Crippen molar-refractivity contribution in [2.75, 3.05) is 4.93 Å². The molecule has 1 nitrogen and oxygen atoms in total. The van der Waals surface area contributed by atoms with E-state index in [1.165, 1.54) is 14.5 Å². The molecule has 2 heteroatoms. The fourth-order valence-corrected chi connectivity index (χ4v) is 2.33. The zero-order valence-electron chi connectivity index (χ0n) is 6.26. The molecule has 2 rings (SSSR count). The summed E-state index contributed by atoms with van der Waals surface area (Å²) in [4.78, 5) is 5.47. The Morgan fingerprint density at radius 2 is 2.18 bits per heavy atom. The minimum atomic E-state index is 0.240. The van der Waals surface area contributed by atoms with E-state index in [4.69, 9.17) is 0 Å². The molecule has 0 aliphatic carbocycles. The average molecular weight is 258 g/mol. The van der Waals surface area contributed by atoms with Crippen LogP contribution in [0.5, 0.6) is 0 Å². The average Bonchev–Trinajstić information content (AvgIpc) is 2.50. The van der Waals surface area contributed by atoms with Crippen molar-refractivity contribution in [3.05, 3.63) is 34.0 Å². The summed E-state index contributed by atoms with van der Waals surface area (Å²) in [5.41, 5.74) is 1.24. The Kier molecular flexibility index (Phi) is 1.85. The summed E-state index contributed by atoms with van der Waals surface area (Å²) in [6, 6.07) is 8.78. The minimum absolute atomic E-state index is 0.240. The van der Waals surface area contributed by atoms with Crippen molar-refractivity contribution >= 4 is 10.9 Å². The standard InChI is InChI=1S/C9H9IN/c1-10-8-2-3-9-7(6-8)4-5-11-9/h2-6,11H,1H3/q-1. The van der Waals surface area contributed by atoms with Gasteiger partial charge in [-0.2, -0.15) is 0 Å². The third-order valence-corrected chi connectivity index (χ3v) is 3.65. The Morgan fingerprint density at radius 1 is 1.27 bits per heavy atom. The van der Waals surface area contributed by atoms with Crippen molar-refractivity contribution in [2.24, 2.45) is 0 Å². The number of H-pyrrole nitrogens is 1. The molecule has 0 radical (unpaired) electrons. The van der Waals surface area contributed by atoms with E-state index < -0.39 is 0 Å². The molecule has 0 atom stereocenters. The normalized spacial score (nSPS) is 11.0. The fourth-order valence-electron chi connectivity index (χ4n) is 1.14. The van der Waals surface area contributed by atoms with Gasteiger partial charge in [0.1, 0.15) is 0 Å². The Balaban J connectivity index is 2.67. The summed E-state index contributed by atoms with van der Waals surface area (Å²) in [6.45, 7) is 0. The summed E-state index contributed by atoms with van der Waals surface area (Å²) < 4.78 is 1.51. The van der Waals surface area contributed by atoms with Gasteiger partial charge in [0, 0.05) is 0 Å². The molecule has 0 saturated heterocycles. The zero-order valence-corrected chi connectivity index (χ0v) is 8.42. The molecule has 0 bridgehead atoms. The van der Waals surface area contributed by atoms with Crippen LogP contribution in [0.15, 0.2) is 30.5 Å². The summed E-state index contributed by atoms with van der Waals surface area (Å²) in [6.07, 6.45) is 1.99. The number of fused-ring (bicyclic) bond motifs is 1. The van der Waals surface area contributed by atoms with Crippen LogP contribution in [-0.4, -0.2) is 9.91 Å². The van der Waals surface area contributed by atoms with Gasteiger partial charge in [-0.05, 0) is 0 Å². The van der Waals surface area contributed by atoms with Crippen LogP contribution < -0.4 is 21.2 Å². The third-order valence-electron chi connectivity index (χ3n) is 1.73. The van der Waals surface area contributed by atoms with Crippen molar-refractivity contribution in [1.29, 1.82) is 0 Å². The van der Waals surface area contributed by atoms with Gasteiger partial charge < -0.3 is 0 Å². The van der Waals surface area contributed by atoms with Gasteiger partial charge in [-0.15, -0.1) is 0 Å². The van der Waals surface area contributed by atoms with Gasteiger partial charge in [-0.25, -0.2) is 0 Å². The number of aromatic amines is 1. The quantitative estimate of drug-likeness (QED) is 0.502. The Bertz CT molecular complexity index is 364. The maximum absolute atomic E-state index is 3.18. The van der Waals surface area contributed by atoms with Gasteiger partial charge in [0.25, 0.3) is 0 Å². The predicted molar refractivity (Wildman–Crippen MR) is 42.9 cm³/mol. The topological polar surface area (TPSA) is 15.8 Å². The Morgan fingerprint density at radius 3 is 3.00 bits per heavy atom. The Hall–Kier alpha value is -0.510. The van der Waals surface area contributed by atoms with Gasteiger partial charge in [-0.3, -0.25) is 0 Å². The monoisotopic (exact) mass is 258 g/mol. The van der Waals surface area contributed by atoms with Crippen LogP contribution in [0.25, 0.3) is 10.9 Å². The molecule has 1 N–H and O–H groups in total. The second-order valence-corrected chi connectivity index (χ2v) is 4.72. The first kappa shape index (κ1) is 7.16. The van der Waals surface area contributed by atoms with Crippen molar-refractivity contribution in [3.8, 4) is 0 Å². The molecule has 0 fully saturated rings. The SMILES string of the molecule is C[I-]c1ccc2[nH]ccc2c1. The second kappa shape index (κ2) is 2.85. The number of alkyl halides is 1. The molecule has 1 aromatic carbocycles. The van der Waals surface area contributed by atoms with Crippen LogP contribution in [-0.2, 0) is 0 Å².